The molecule has 0 saturated carbocycles. The van der Waals surface area contributed by atoms with Gasteiger partial charge < -0.3 is 14.5 Å². The van der Waals surface area contributed by atoms with Gasteiger partial charge in [0.05, 0.1) is 6.61 Å². The molecule has 0 saturated heterocycles. The lowest BCUT2D eigenvalue weighted by Gasteiger charge is -2.18. The number of aromatic amines is 1. The lowest BCUT2D eigenvalue weighted by molar-refractivity contribution is -0.0102. The van der Waals surface area contributed by atoms with E-state index in [2.05, 4.69) is 18.1 Å². The van der Waals surface area contributed by atoms with Crippen LogP contribution in [0.15, 0.2) is 27.9 Å². The highest BCUT2D eigenvalue weighted by molar-refractivity contribution is 7.66. The molecular weight excluding hydrogens is 433 g/mol. The molecule has 1 aromatic rings. The fraction of sp³-hybridized carbons (Fsp3) is 0.400. The minimum Gasteiger partial charge on any atom is -0.344 e. The fourth-order valence-corrected chi connectivity index (χ4v) is 4.27. The Hall–Kier alpha value is -0.850. The predicted molar refractivity (Wildman–Crippen MR) is 89.8 cm³/mol. The fourth-order valence-electron chi connectivity index (χ4n) is 1.91. The molecule has 6 N–H and O–H groups in total. The molecule has 4 atom stereocenters. The molecule has 0 radical (unpaired) electrons. The maximum absolute atomic E-state index is 11.8. The molecule has 1 aliphatic rings. The Bertz CT molecular complexity index is 860. The highest BCUT2D eigenvalue weighted by atomic mass is 31.3. The standard InChI is InChI=1S/C10H15N2O12P3/c1-6-4-12(10(14)11-9(6)13)8-3-2-7(22-8)5-21-27(19,20)24-25(15)23-26(16,17)18/h2-4,7-8,15-18H,5H2,1H3,(H-,11,13,14,19,20)/p+1/t7-,8?,25?/m0/s1. The van der Waals surface area contributed by atoms with Gasteiger partial charge in [-0.05, 0) is 13.0 Å². The van der Waals surface area contributed by atoms with Crippen LogP contribution in [0, 0.1) is 6.92 Å². The second kappa shape index (κ2) is 8.66. The molecule has 0 aliphatic carbocycles. The number of ether oxygens (including phenoxy) is 1. The van der Waals surface area contributed by atoms with E-state index in [4.69, 9.17) is 24.3 Å². The number of aromatic nitrogens is 2. The summed E-state index contributed by atoms with van der Waals surface area (Å²) in [5.41, 5.74) is -0.990. The first-order valence-electron chi connectivity index (χ1n) is 6.95. The first-order chi connectivity index (χ1) is 12.4. The van der Waals surface area contributed by atoms with Crippen LogP contribution < -0.4 is 11.2 Å². The van der Waals surface area contributed by atoms with E-state index in [-0.39, 0.29) is 5.56 Å². The number of aryl methyl sites for hydroxylation is 1. The zero-order chi connectivity index (χ0) is 20.4. The lowest BCUT2D eigenvalue weighted by atomic mass is 10.3. The predicted octanol–water partition coefficient (Wildman–Crippen LogP) is -0.677. The molecule has 17 heteroatoms. The van der Waals surface area contributed by atoms with Crippen molar-refractivity contribution in [1.82, 2.24) is 9.55 Å². The summed E-state index contributed by atoms with van der Waals surface area (Å²) in [5.74, 6) is 0. The van der Waals surface area contributed by atoms with E-state index in [0.717, 1.165) is 4.57 Å². The summed E-state index contributed by atoms with van der Waals surface area (Å²) in [5, 5.41) is 0. The number of hydrogen-bond acceptors (Lipinski definition) is 11. The van der Waals surface area contributed by atoms with Crippen LogP contribution in [-0.2, 0) is 22.4 Å². The zero-order valence-corrected chi connectivity index (χ0v) is 16.2. The highest BCUT2D eigenvalue weighted by Gasteiger charge is 2.42. The molecule has 0 amide bonds. The van der Waals surface area contributed by atoms with Gasteiger partial charge in [-0.3, -0.25) is 18.9 Å². The summed E-state index contributed by atoms with van der Waals surface area (Å²) >= 11 is 0. The number of rotatable bonds is 8. The third-order valence-corrected chi connectivity index (χ3v) is 6.27. The summed E-state index contributed by atoms with van der Waals surface area (Å²) in [6, 6.07) is 0. The van der Waals surface area contributed by atoms with Crippen molar-refractivity contribution in [3.63, 3.8) is 0 Å². The van der Waals surface area contributed by atoms with E-state index in [1.807, 2.05) is 0 Å². The zero-order valence-electron chi connectivity index (χ0n) is 13.5. The van der Waals surface area contributed by atoms with Crippen molar-refractivity contribution >= 4 is 24.6 Å². The average Bonchev–Trinajstić information content (AvgIpc) is 2.95. The molecule has 0 bridgehead atoms. The number of phosphoric ester groups is 1. The monoisotopic (exact) mass is 449 g/mol. The van der Waals surface area contributed by atoms with E-state index in [1.165, 1.54) is 25.3 Å². The Balaban J connectivity index is 1.91. The van der Waals surface area contributed by atoms with Crippen molar-refractivity contribution in [2.75, 3.05) is 6.61 Å². The van der Waals surface area contributed by atoms with E-state index in [0.29, 0.717) is 0 Å². The number of phosphoric acid groups is 1. The molecule has 0 spiro atoms. The minimum absolute atomic E-state index is 0.270. The number of hydrogen-bond donors (Lipinski definition) is 6. The van der Waals surface area contributed by atoms with Gasteiger partial charge in [-0.15, -0.1) is 0 Å². The van der Waals surface area contributed by atoms with Crippen LogP contribution in [0.25, 0.3) is 0 Å². The van der Waals surface area contributed by atoms with E-state index in [9.17, 15) is 19.0 Å². The summed E-state index contributed by atoms with van der Waals surface area (Å²) in [6.45, 7) is 0.948. The van der Waals surface area contributed by atoms with Crippen molar-refractivity contribution in [2.45, 2.75) is 19.3 Å². The molecule has 0 aromatic carbocycles. The van der Waals surface area contributed by atoms with E-state index >= 15 is 0 Å². The first-order valence-corrected chi connectivity index (χ1v) is 11.1. The molecule has 2 rings (SSSR count). The molecule has 0 fully saturated rings. The van der Waals surface area contributed by atoms with Gasteiger partial charge in [0.15, 0.2) is 6.23 Å². The second-order valence-corrected chi connectivity index (χ2v) is 9.11. The van der Waals surface area contributed by atoms with E-state index in [1.54, 1.807) is 0 Å². The summed E-state index contributed by atoms with van der Waals surface area (Å²) in [4.78, 5) is 69.5. The molecule has 2 heterocycles. The van der Waals surface area contributed by atoms with Gasteiger partial charge in [0.1, 0.15) is 6.10 Å². The van der Waals surface area contributed by atoms with Gasteiger partial charge >= 0.3 is 30.3 Å². The third-order valence-electron chi connectivity index (χ3n) is 2.98. The minimum atomic E-state index is -4.89. The van der Waals surface area contributed by atoms with Crippen LogP contribution in [0.3, 0.4) is 0 Å². The maximum atomic E-state index is 11.8. The van der Waals surface area contributed by atoms with Crippen molar-refractivity contribution < 1.29 is 46.9 Å². The van der Waals surface area contributed by atoms with Gasteiger partial charge in [0.25, 0.3) is 5.56 Å². The van der Waals surface area contributed by atoms with Crippen molar-refractivity contribution in [3.8, 4) is 0 Å². The Morgan fingerprint density at radius 3 is 2.67 bits per heavy atom. The third kappa shape index (κ3) is 6.91. The van der Waals surface area contributed by atoms with Crippen LogP contribution in [0.2, 0.25) is 0 Å². The van der Waals surface area contributed by atoms with Gasteiger partial charge in [-0.25, -0.2) is 13.7 Å². The van der Waals surface area contributed by atoms with Gasteiger partial charge in [-0.1, -0.05) is 10.4 Å². The summed E-state index contributed by atoms with van der Waals surface area (Å²) in [7, 11) is -13.1. The smallest absolute Gasteiger partial charge is 0.344 e. The number of nitrogens with one attached hydrogen (secondary N) is 1. The summed E-state index contributed by atoms with van der Waals surface area (Å²) in [6.07, 6.45) is 2.36. The maximum Gasteiger partial charge on any atom is 0.575 e. The van der Waals surface area contributed by atoms with Gasteiger partial charge in [0.2, 0.25) is 0 Å². The molecule has 14 nitrogen and oxygen atoms in total. The Morgan fingerprint density at radius 1 is 1.37 bits per heavy atom. The van der Waals surface area contributed by atoms with Crippen molar-refractivity contribution in [2.24, 2.45) is 0 Å². The normalized spacial score (nSPS) is 23.3. The largest absolute Gasteiger partial charge is 0.575 e. The van der Waals surface area contributed by atoms with Crippen LogP contribution in [0.1, 0.15) is 11.8 Å². The van der Waals surface area contributed by atoms with E-state index < -0.39 is 54.8 Å². The van der Waals surface area contributed by atoms with Crippen LogP contribution in [-0.4, -0.2) is 46.7 Å². The Kier molecular flexibility index (Phi) is 7.20. The molecule has 27 heavy (non-hydrogen) atoms. The van der Waals surface area contributed by atoms with Crippen LogP contribution in [0.5, 0.6) is 0 Å². The second-order valence-electron chi connectivity index (χ2n) is 5.11. The highest BCUT2D eigenvalue weighted by Crippen LogP contribution is 2.64. The van der Waals surface area contributed by atoms with Crippen LogP contribution >= 0.6 is 24.6 Å². The van der Waals surface area contributed by atoms with Gasteiger partial charge in [-0.2, -0.15) is 14.7 Å². The molecule has 1 aromatic heterocycles. The Labute approximate surface area is 152 Å². The molecule has 3 unspecified atom stereocenters. The van der Waals surface area contributed by atoms with Crippen molar-refractivity contribution in [1.29, 1.82) is 0 Å². The summed E-state index contributed by atoms with van der Waals surface area (Å²) < 4.78 is 30.6. The SMILES string of the molecule is Cc1cn(C2C=C[C@@H](COP(=O)(O)OP(O)O[P+](O)(O)O)O2)c(=O)[nH]c1=O. The Morgan fingerprint density at radius 2 is 2.04 bits per heavy atom. The van der Waals surface area contributed by atoms with Gasteiger partial charge in [0, 0.05) is 11.8 Å². The molecule has 1 aliphatic heterocycles. The lowest BCUT2D eigenvalue weighted by Crippen LogP contribution is -2.33. The molecule has 152 valence electrons. The van der Waals surface area contributed by atoms with Crippen molar-refractivity contribution in [3.05, 3.63) is 44.8 Å². The number of nitrogens with zero attached hydrogens (tertiary/aromatic N) is 1. The number of H-pyrrole nitrogens is 1. The first kappa shape index (κ1) is 22.4. The van der Waals surface area contributed by atoms with Crippen LogP contribution in [0.4, 0.5) is 0 Å². The molecular formula is C10H16N2O12P3+. The topological polar surface area (TPSA) is 210 Å². The quantitative estimate of drug-likeness (QED) is 0.215. The average molecular weight is 449 g/mol.